The Morgan fingerprint density at radius 1 is 1.75 bits per heavy atom. The molecule has 2 N–H and O–H groups in total. The second kappa shape index (κ2) is 5.30. The Bertz CT molecular complexity index is 171. The van der Waals surface area contributed by atoms with Crippen LogP contribution in [0.15, 0.2) is 0 Å². The number of nitrogens with two attached hydrogens (primary N) is 1. The van der Waals surface area contributed by atoms with Crippen LogP contribution in [0.25, 0.3) is 0 Å². The average molecular weight is 178 g/mol. The summed E-state index contributed by atoms with van der Waals surface area (Å²) in [6.07, 6.45) is 1.09. The van der Waals surface area contributed by atoms with Gasteiger partial charge in [0.25, 0.3) is 0 Å². The standard InChI is InChI=1S/C5H10N2O5/c1-2-3-4(6)5(8)11-12-7(9)10/h4H,2-3,6H2,1H3. The van der Waals surface area contributed by atoms with Crippen molar-refractivity contribution in [3.8, 4) is 0 Å². The van der Waals surface area contributed by atoms with Crippen molar-refractivity contribution >= 4 is 5.97 Å². The Morgan fingerprint density at radius 2 is 2.33 bits per heavy atom. The number of hydrogen-bond donors (Lipinski definition) is 1. The van der Waals surface area contributed by atoms with Crippen LogP contribution in [0.5, 0.6) is 0 Å². The molecule has 0 aliphatic heterocycles. The van der Waals surface area contributed by atoms with Gasteiger partial charge < -0.3 is 5.73 Å². The van der Waals surface area contributed by atoms with Crippen molar-refractivity contribution in [2.24, 2.45) is 5.73 Å². The maximum atomic E-state index is 10.7. The van der Waals surface area contributed by atoms with E-state index in [4.69, 9.17) is 5.73 Å². The zero-order valence-corrected chi connectivity index (χ0v) is 6.56. The third kappa shape index (κ3) is 4.45. The summed E-state index contributed by atoms with van der Waals surface area (Å²) in [5.41, 5.74) is 5.24. The van der Waals surface area contributed by atoms with Gasteiger partial charge in [0.1, 0.15) is 6.04 Å². The lowest BCUT2D eigenvalue weighted by molar-refractivity contribution is -0.839. The van der Waals surface area contributed by atoms with Gasteiger partial charge in [0, 0.05) is 0 Å². The second-order valence-electron chi connectivity index (χ2n) is 2.10. The highest BCUT2D eigenvalue weighted by atomic mass is 17.3. The minimum absolute atomic E-state index is 0.403. The van der Waals surface area contributed by atoms with E-state index < -0.39 is 17.1 Å². The Labute approximate surface area is 68.5 Å². The lowest BCUT2D eigenvalue weighted by atomic mass is 10.2. The van der Waals surface area contributed by atoms with Gasteiger partial charge in [-0.25, -0.2) is 4.79 Å². The van der Waals surface area contributed by atoms with Crippen LogP contribution in [-0.2, 0) is 14.7 Å². The average Bonchev–Trinajstić information content (AvgIpc) is 2.00. The molecular formula is C5H10N2O5. The summed E-state index contributed by atoms with van der Waals surface area (Å²) in [5, 5.41) is 8.32. The fourth-order valence-electron chi connectivity index (χ4n) is 0.558. The molecule has 0 rings (SSSR count). The van der Waals surface area contributed by atoms with Crippen molar-refractivity contribution in [3.63, 3.8) is 0 Å². The second-order valence-corrected chi connectivity index (χ2v) is 2.10. The van der Waals surface area contributed by atoms with Gasteiger partial charge in [-0.1, -0.05) is 18.3 Å². The lowest BCUT2D eigenvalue weighted by Crippen LogP contribution is -2.32. The van der Waals surface area contributed by atoms with Crippen LogP contribution >= 0.6 is 0 Å². The van der Waals surface area contributed by atoms with Crippen molar-refractivity contribution in [2.75, 3.05) is 0 Å². The predicted molar refractivity (Wildman–Crippen MR) is 37.1 cm³/mol. The molecule has 12 heavy (non-hydrogen) atoms. The summed E-state index contributed by atoms with van der Waals surface area (Å²) >= 11 is 0. The van der Waals surface area contributed by atoms with E-state index in [0.29, 0.717) is 12.8 Å². The van der Waals surface area contributed by atoms with Gasteiger partial charge in [0.05, 0.1) is 0 Å². The molecule has 0 heterocycles. The van der Waals surface area contributed by atoms with Gasteiger partial charge in [-0.15, -0.1) is 10.1 Å². The number of rotatable bonds is 5. The molecule has 0 saturated carbocycles. The minimum Gasteiger partial charge on any atom is -0.318 e. The third-order valence-corrected chi connectivity index (χ3v) is 1.08. The number of hydrogen-bond acceptors (Lipinski definition) is 6. The van der Waals surface area contributed by atoms with Crippen LogP contribution < -0.4 is 5.73 Å². The summed E-state index contributed by atoms with van der Waals surface area (Å²) < 4.78 is 0. The summed E-state index contributed by atoms with van der Waals surface area (Å²) in [6.45, 7) is 1.82. The molecule has 7 nitrogen and oxygen atoms in total. The Balaban J connectivity index is 3.64. The molecule has 1 unspecified atom stereocenters. The maximum Gasteiger partial charge on any atom is 0.359 e. The topological polar surface area (TPSA) is 105 Å². The van der Waals surface area contributed by atoms with Gasteiger partial charge in [0.2, 0.25) is 0 Å². The quantitative estimate of drug-likeness (QED) is 0.354. The summed E-state index contributed by atoms with van der Waals surface area (Å²) in [6, 6.07) is -0.866. The summed E-state index contributed by atoms with van der Waals surface area (Å²) in [5.74, 6) is -0.937. The highest BCUT2D eigenvalue weighted by Crippen LogP contribution is 1.96. The Hall–Kier alpha value is -1.37. The first-order valence-electron chi connectivity index (χ1n) is 3.36. The Morgan fingerprint density at radius 3 is 2.75 bits per heavy atom. The van der Waals surface area contributed by atoms with Crippen molar-refractivity contribution in [3.05, 3.63) is 10.1 Å². The fraction of sp³-hybridized carbons (Fsp3) is 0.800. The normalized spacial score (nSPS) is 11.8. The van der Waals surface area contributed by atoms with E-state index in [1.54, 1.807) is 0 Å². The zero-order valence-electron chi connectivity index (χ0n) is 6.56. The molecule has 0 aliphatic rings. The van der Waals surface area contributed by atoms with Crippen LogP contribution in [0, 0.1) is 10.1 Å². The first-order chi connectivity index (χ1) is 5.57. The first-order valence-corrected chi connectivity index (χ1v) is 3.36. The van der Waals surface area contributed by atoms with E-state index in [2.05, 4.69) is 9.88 Å². The molecule has 0 aromatic rings. The molecule has 0 fully saturated rings. The fourth-order valence-corrected chi connectivity index (χ4v) is 0.558. The van der Waals surface area contributed by atoms with E-state index in [0.717, 1.165) is 0 Å². The molecule has 0 aliphatic carbocycles. The van der Waals surface area contributed by atoms with Gasteiger partial charge in [-0.3, -0.25) is 4.89 Å². The molecule has 0 spiro atoms. The van der Waals surface area contributed by atoms with E-state index >= 15 is 0 Å². The molecule has 1 atom stereocenters. The molecule has 0 bridgehead atoms. The maximum absolute atomic E-state index is 10.7. The molecule has 0 aromatic carbocycles. The molecule has 0 radical (unpaired) electrons. The largest absolute Gasteiger partial charge is 0.359 e. The van der Waals surface area contributed by atoms with E-state index in [-0.39, 0.29) is 0 Å². The van der Waals surface area contributed by atoms with Gasteiger partial charge in [-0.2, -0.15) is 0 Å². The molecular weight excluding hydrogens is 168 g/mol. The Kier molecular flexibility index (Phi) is 4.70. The van der Waals surface area contributed by atoms with Gasteiger partial charge in [0.15, 0.2) is 0 Å². The number of nitrogens with zero attached hydrogens (tertiary/aromatic N) is 1. The predicted octanol–water partition coefficient (Wildman–Crippen LogP) is -0.220. The monoisotopic (exact) mass is 178 g/mol. The molecule has 7 heteroatoms. The van der Waals surface area contributed by atoms with Crippen LogP contribution in [0.4, 0.5) is 0 Å². The van der Waals surface area contributed by atoms with Crippen molar-refractivity contribution < 1.29 is 19.8 Å². The number of carbonyl (C=O) groups is 1. The van der Waals surface area contributed by atoms with Crippen molar-refractivity contribution in [2.45, 2.75) is 25.8 Å². The summed E-state index contributed by atoms with van der Waals surface area (Å²) in [7, 11) is 0. The molecule has 0 aromatic heterocycles. The summed E-state index contributed by atoms with van der Waals surface area (Å²) in [4.78, 5) is 27.3. The first kappa shape index (κ1) is 10.6. The van der Waals surface area contributed by atoms with E-state index in [1.165, 1.54) is 0 Å². The minimum atomic E-state index is -1.23. The lowest BCUT2D eigenvalue weighted by Gasteiger charge is -2.05. The highest BCUT2D eigenvalue weighted by molar-refractivity contribution is 5.74. The SMILES string of the molecule is CCCC(N)C(=O)OO[N+](=O)[O-]. The van der Waals surface area contributed by atoms with Crippen LogP contribution in [0.2, 0.25) is 0 Å². The van der Waals surface area contributed by atoms with Crippen LogP contribution in [0.3, 0.4) is 0 Å². The van der Waals surface area contributed by atoms with Crippen LogP contribution in [-0.4, -0.2) is 17.1 Å². The van der Waals surface area contributed by atoms with Crippen LogP contribution in [0.1, 0.15) is 19.8 Å². The third-order valence-electron chi connectivity index (χ3n) is 1.08. The zero-order chi connectivity index (χ0) is 9.56. The van der Waals surface area contributed by atoms with Gasteiger partial charge in [-0.05, 0) is 6.42 Å². The van der Waals surface area contributed by atoms with Crippen molar-refractivity contribution in [1.82, 2.24) is 0 Å². The molecule has 0 saturated heterocycles. The molecule has 70 valence electrons. The van der Waals surface area contributed by atoms with Crippen molar-refractivity contribution in [1.29, 1.82) is 0 Å². The van der Waals surface area contributed by atoms with Gasteiger partial charge >= 0.3 is 11.1 Å². The van der Waals surface area contributed by atoms with E-state index in [9.17, 15) is 14.9 Å². The molecule has 0 amide bonds. The number of carbonyl (C=O) groups excluding carboxylic acids is 1. The highest BCUT2D eigenvalue weighted by Gasteiger charge is 2.15. The van der Waals surface area contributed by atoms with E-state index in [1.807, 2.05) is 6.92 Å². The smallest absolute Gasteiger partial charge is 0.318 e.